The van der Waals surface area contributed by atoms with Gasteiger partial charge in [0.15, 0.2) is 0 Å². The normalized spacial score (nSPS) is 26.5. The Morgan fingerprint density at radius 3 is 2.62 bits per heavy atom. The number of likely N-dealkylation sites (N-methyl/N-ethyl adjacent to an activating group) is 1. The van der Waals surface area contributed by atoms with Gasteiger partial charge in [-0.05, 0) is 43.5 Å². The van der Waals surface area contributed by atoms with Crippen LogP contribution in [0.3, 0.4) is 0 Å². The van der Waals surface area contributed by atoms with Gasteiger partial charge in [0.2, 0.25) is 0 Å². The van der Waals surface area contributed by atoms with Crippen molar-refractivity contribution >= 4 is 11.6 Å². The Hall–Kier alpha value is -0.610. The molecule has 3 nitrogen and oxygen atoms in total. The predicted molar refractivity (Wildman–Crippen MR) is 88.5 cm³/mol. The van der Waals surface area contributed by atoms with Crippen LogP contribution in [0, 0.1) is 5.92 Å². The molecule has 118 valence electrons. The average molecular weight is 311 g/mol. The van der Waals surface area contributed by atoms with Crippen molar-refractivity contribution in [2.75, 3.05) is 20.2 Å². The fourth-order valence-corrected chi connectivity index (χ4v) is 3.21. The third kappa shape index (κ3) is 3.98. The maximum absolute atomic E-state index is 6.16. The Morgan fingerprint density at radius 2 is 2.05 bits per heavy atom. The van der Waals surface area contributed by atoms with E-state index < -0.39 is 0 Å². The zero-order valence-corrected chi connectivity index (χ0v) is 14.1. The number of hydrogen-bond acceptors (Lipinski definition) is 3. The summed E-state index contributed by atoms with van der Waals surface area (Å²) in [5.41, 5.74) is 7.46. The van der Waals surface area contributed by atoms with E-state index in [1.165, 1.54) is 5.56 Å². The molecule has 2 rings (SSSR count). The molecule has 0 saturated carbocycles. The number of benzene rings is 1. The highest BCUT2D eigenvalue weighted by Crippen LogP contribution is 2.33. The van der Waals surface area contributed by atoms with Crippen molar-refractivity contribution in [3.05, 3.63) is 34.9 Å². The first-order valence-electron chi connectivity index (χ1n) is 7.74. The highest BCUT2D eigenvalue weighted by molar-refractivity contribution is 6.30. The second kappa shape index (κ2) is 7.10. The van der Waals surface area contributed by atoms with Crippen LogP contribution in [0.4, 0.5) is 0 Å². The van der Waals surface area contributed by atoms with Crippen molar-refractivity contribution in [2.45, 2.75) is 44.9 Å². The second-order valence-corrected chi connectivity index (χ2v) is 6.95. The number of nitrogens with two attached hydrogens (primary N) is 1. The maximum Gasteiger partial charge on any atom is 0.0616 e. The SMILES string of the molecule is CC(C)C1CC(CN)(N(C)Cc2ccc(Cl)cc2)CCO1. The molecule has 0 bridgehead atoms. The van der Waals surface area contributed by atoms with Crippen molar-refractivity contribution in [3.63, 3.8) is 0 Å². The zero-order chi connectivity index (χ0) is 15.5. The van der Waals surface area contributed by atoms with Gasteiger partial charge >= 0.3 is 0 Å². The van der Waals surface area contributed by atoms with E-state index in [0.29, 0.717) is 18.6 Å². The molecule has 1 heterocycles. The minimum absolute atomic E-state index is 0.0345. The molecule has 2 atom stereocenters. The molecular weight excluding hydrogens is 284 g/mol. The van der Waals surface area contributed by atoms with Crippen molar-refractivity contribution in [3.8, 4) is 0 Å². The van der Waals surface area contributed by atoms with E-state index in [4.69, 9.17) is 22.1 Å². The van der Waals surface area contributed by atoms with Crippen LogP contribution in [0.1, 0.15) is 32.3 Å². The standard InChI is InChI=1S/C17H27ClN2O/c1-13(2)16-10-17(12-19,8-9-21-16)20(3)11-14-4-6-15(18)7-5-14/h4-7,13,16H,8-12,19H2,1-3H3. The fraction of sp³-hybridized carbons (Fsp3) is 0.647. The Labute approximate surface area is 133 Å². The lowest BCUT2D eigenvalue weighted by Gasteiger charge is -2.47. The summed E-state index contributed by atoms with van der Waals surface area (Å²) in [5, 5.41) is 0.779. The van der Waals surface area contributed by atoms with E-state index in [1.54, 1.807) is 0 Å². The monoisotopic (exact) mass is 310 g/mol. The topological polar surface area (TPSA) is 38.5 Å². The Balaban J connectivity index is 2.09. The van der Waals surface area contributed by atoms with E-state index in [1.807, 2.05) is 12.1 Å². The molecule has 1 aromatic rings. The van der Waals surface area contributed by atoms with Gasteiger partial charge in [0, 0.05) is 30.3 Å². The summed E-state index contributed by atoms with van der Waals surface area (Å²) >= 11 is 5.96. The van der Waals surface area contributed by atoms with Crippen LogP contribution in [0.5, 0.6) is 0 Å². The van der Waals surface area contributed by atoms with Crippen LogP contribution < -0.4 is 5.73 Å². The molecule has 1 aliphatic heterocycles. The molecule has 21 heavy (non-hydrogen) atoms. The predicted octanol–water partition coefficient (Wildman–Crippen LogP) is 3.30. The Kier molecular flexibility index (Phi) is 5.67. The molecule has 4 heteroatoms. The molecule has 1 aromatic carbocycles. The van der Waals surface area contributed by atoms with E-state index in [9.17, 15) is 0 Å². The fourth-order valence-electron chi connectivity index (χ4n) is 3.08. The lowest BCUT2D eigenvalue weighted by Crippen LogP contribution is -2.57. The van der Waals surface area contributed by atoms with Gasteiger partial charge in [0.25, 0.3) is 0 Å². The van der Waals surface area contributed by atoms with Crippen molar-refractivity contribution in [1.82, 2.24) is 4.90 Å². The molecule has 0 radical (unpaired) electrons. The zero-order valence-electron chi connectivity index (χ0n) is 13.3. The van der Waals surface area contributed by atoms with Crippen molar-refractivity contribution in [1.29, 1.82) is 0 Å². The maximum atomic E-state index is 6.16. The van der Waals surface area contributed by atoms with E-state index >= 15 is 0 Å². The molecule has 1 fully saturated rings. The molecule has 0 aliphatic carbocycles. The van der Waals surface area contributed by atoms with Crippen molar-refractivity contribution in [2.24, 2.45) is 11.7 Å². The van der Waals surface area contributed by atoms with Crippen LogP contribution in [0.15, 0.2) is 24.3 Å². The molecule has 2 N–H and O–H groups in total. The number of halogens is 1. The van der Waals surface area contributed by atoms with Crippen LogP contribution in [0.2, 0.25) is 5.02 Å². The van der Waals surface area contributed by atoms with Crippen LogP contribution in [0.25, 0.3) is 0 Å². The quantitative estimate of drug-likeness (QED) is 0.907. The number of ether oxygens (including phenoxy) is 1. The minimum Gasteiger partial charge on any atom is -0.378 e. The van der Waals surface area contributed by atoms with Crippen LogP contribution >= 0.6 is 11.6 Å². The first-order chi connectivity index (χ1) is 9.97. The molecule has 0 amide bonds. The highest BCUT2D eigenvalue weighted by atomic mass is 35.5. The summed E-state index contributed by atoms with van der Waals surface area (Å²) in [5.74, 6) is 0.528. The van der Waals surface area contributed by atoms with Gasteiger partial charge in [-0.1, -0.05) is 37.6 Å². The number of rotatable bonds is 5. The molecule has 0 spiro atoms. The summed E-state index contributed by atoms with van der Waals surface area (Å²) in [6, 6.07) is 8.06. The van der Waals surface area contributed by atoms with Crippen LogP contribution in [-0.2, 0) is 11.3 Å². The summed E-state index contributed by atoms with van der Waals surface area (Å²) in [6.45, 7) is 6.79. The smallest absolute Gasteiger partial charge is 0.0616 e. The largest absolute Gasteiger partial charge is 0.378 e. The van der Waals surface area contributed by atoms with E-state index in [0.717, 1.165) is 31.0 Å². The first kappa shape index (κ1) is 16.8. The summed E-state index contributed by atoms with van der Waals surface area (Å²) in [4.78, 5) is 2.40. The van der Waals surface area contributed by atoms with Gasteiger partial charge in [-0.15, -0.1) is 0 Å². The van der Waals surface area contributed by atoms with Gasteiger partial charge in [-0.2, -0.15) is 0 Å². The number of hydrogen-bond donors (Lipinski definition) is 1. The lowest BCUT2D eigenvalue weighted by atomic mass is 9.82. The summed E-state index contributed by atoms with van der Waals surface area (Å²) in [7, 11) is 2.17. The van der Waals surface area contributed by atoms with Gasteiger partial charge in [0.1, 0.15) is 0 Å². The van der Waals surface area contributed by atoms with Gasteiger partial charge < -0.3 is 10.5 Å². The molecule has 2 unspecified atom stereocenters. The van der Waals surface area contributed by atoms with Gasteiger partial charge in [-0.25, -0.2) is 0 Å². The minimum atomic E-state index is 0.0345. The molecule has 0 aromatic heterocycles. The van der Waals surface area contributed by atoms with Crippen molar-refractivity contribution < 1.29 is 4.74 Å². The average Bonchev–Trinajstić information content (AvgIpc) is 2.49. The Bertz CT molecular complexity index is 449. The molecule has 1 aliphatic rings. The van der Waals surface area contributed by atoms with Gasteiger partial charge in [-0.3, -0.25) is 4.90 Å². The molecule has 1 saturated heterocycles. The first-order valence-corrected chi connectivity index (χ1v) is 8.12. The summed E-state index contributed by atoms with van der Waals surface area (Å²) in [6.07, 6.45) is 2.30. The molecular formula is C17H27ClN2O. The summed E-state index contributed by atoms with van der Waals surface area (Å²) < 4.78 is 5.91. The third-order valence-corrected chi connectivity index (χ3v) is 5.00. The highest BCUT2D eigenvalue weighted by Gasteiger charge is 2.40. The van der Waals surface area contributed by atoms with E-state index in [-0.39, 0.29) is 5.54 Å². The number of nitrogens with zero attached hydrogens (tertiary/aromatic N) is 1. The lowest BCUT2D eigenvalue weighted by molar-refractivity contribution is -0.0834. The second-order valence-electron chi connectivity index (χ2n) is 6.52. The van der Waals surface area contributed by atoms with Crippen LogP contribution in [-0.4, -0.2) is 36.7 Å². The third-order valence-electron chi connectivity index (χ3n) is 4.75. The van der Waals surface area contributed by atoms with E-state index in [2.05, 4.69) is 37.9 Å². The van der Waals surface area contributed by atoms with Gasteiger partial charge in [0.05, 0.1) is 6.10 Å². The Morgan fingerprint density at radius 1 is 1.38 bits per heavy atom.